The second kappa shape index (κ2) is 5.18. The Hall–Kier alpha value is -1.40. The van der Waals surface area contributed by atoms with E-state index in [1.807, 2.05) is 24.5 Å². The zero-order valence-electron chi connectivity index (χ0n) is 11.0. The van der Waals surface area contributed by atoms with E-state index in [2.05, 4.69) is 30.9 Å². The quantitative estimate of drug-likeness (QED) is 0.670. The van der Waals surface area contributed by atoms with E-state index in [0.717, 1.165) is 27.2 Å². The lowest BCUT2D eigenvalue weighted by Gasteiger charge is -2.12. The zero-order valence-corrected chi connectivity index (χ0v) is 13.3. The monoisotopic (exact) mass is 354 g/mol. The van der Waals surface area contributed by atoms with Gasteiger partial charge in [-0.2, -0.15) is 0 Å². The van der Waals surface area contributed by atoms with E-state index in [9.17, 15) is 0 Å². The molecule has 20 heavy (non-hydrogen) atoms. The van der Waals surface area contributed by atoms with E-state index in [0.29, 0.717) is 11.8 Å². The molecule has 1 atom stereocenters. The number of hydrogen-bond acceptors (Lipinski definition) is 4. The minimum atomic E-state index is -0.115. The molecule has 3 rings (SSSR count). The number of fused-ring (bicyclic) bond motifs is 1. The average Bonchev–Trinajstić information content (AvgIpc) is 3.00. The number of halogens is 2. The van der Waals surface area contributed by atoms with Gasteiger partial charge in [-0.1, -0.05) is 0 Å². The fourth-order valence-electron chi connectivity index (χ4n) is 2.18. The van der Waals surface area contributed by atoms with Crippen LogP contribution in [0.1, 0.15) is 30.4 Å². The number of imidazole rings is 1. The van der Waals surface area contributed by atoms with Crippen molar-refractivity contribution in [2.75, 3.05) is 0 Å². The van der Waals surface area contributed by atoms with Gasteiger partial charge >= 0.3 is 0 Å². The third-order valence-corrected chi connectivity index (χ3v) is 3.75. The number of aryl methyl sites for hydroxylation is 1. The Morgan fingerprint density at radius 1 is 1.40 bits per heavy atom. The molecule has 0 N–H and O–H groups in total. The van der Waals surface area contributed by atoms with Crippen LogP contribution < -0.4 is 0 Å². The van der Waals surface area contributed by atoms with Crippen molar-refractivity contribution in [3.05, 3.63) is 40.4 Å². The van der Waals surface area contributed by atoms with E-state index >= 15 is 0 Å². The van der Waals surface area contributed by atoms with Gasteiger partial charge in [0.05, 0.1) is 12.1 Å². The van der Waals surface area contributed by atoms with E-state index in [1.165, 1.54) is 0 Å². The molecule has 0 aliphatic carbocycles. The summed E-state index contributed by atoms with van der Waals surface area (Å²) in [5.41, 5.74) is 1.57. The number of aromatic nitrogens is 4. The summed E-state index contributed by atoms with van der Waals surface area (Å²) in [5, 5.41) is 0. The molecular weight excluding hydrogens is 344 g/mol. The summed E-state index contributed by atoms with van der Waals surface area (Å²) in [6.07, 6.45) is 3.45. The summed E-state index contributed by atoms with van der Waals surface area (Å²) in [5.74, 6) is 2.45. The van der Waals surface area contributed by atoms with Crippen molar-refractivity contribution in [2.24, 2.45) is 0 Å². The molecule has 1 unspecified atom stereocenters. The highest BCUT2D eigenvalue weighted by Crippen LogP contribution is 2.26. The third-order valence-electron chi connectivity index (χ3n) is 3.07. The molecule has 0 bridgehead atoms. The molecule has 0 fully saturated rings. The van der Waals surface area contributed by atoms with Crippen molar-refractivity contribution in [2.45, 2.75) is 25.8 Å². The van der Waals surface area contributed by atoms with Crippen LogP contribution in [-0.4, -0.2) is 19.5 Å². The van der Waals surface area contributed by atoms with Crippen LogP contribution in [0.3, 0.4) is 0 Å². The Kier molecular flexibility index (Phi) is 3.52. The van der Waals surface area contributed by atoms with Crippen LogP contribution in [0.15, 0.2) is 27.3 Å². The van der Waals surface area contributed by atoms with Crippen molar-refractivity contribution in [3.8, 4) is 0 Å². The lowest BCUT2D eigenvalue weighted by atomic mass is 10.3. The average molecular weight is 356 g/mol. The van der Waals surface area contributed by atoms with Crippen molar-refractivity contribution >= 4 is 38.7 Å². The predicted octanol–water partition coefficient (Wildman–Crippen LogP) is 3.84. The number of pyridine rings is 1. The van der Waals surface area contributed by atoms with E-state index in [4.69, 9.17) is 16.0 Å². The Morgan fingerprint density at radius 2 is 2.20 bits per heavy atom. The molecule has 0 aromatic carbocycles. The van der Waals surface area contributed by atoms with Crippen LogP contribution in [0.5, 0.6) is 0 Å². The summed E-state index contributed by atoms with van der Waals surface area (Å²) < 4.78 is 8.44. The van der Waals surface area contributed by atoms with E-state index in [1.54, 1.807) is 12.4 Å². The van der Waals surface area contributed by atoms with Gasteiger partial charge in [-0.15, -0.1) is 11.6 Å². The highest BCUT2D eigenvalue weighted by molar-refractivity contribution is 9.10. The summed E-state index contributed by atoms with van der Waals surface area (Å²) in [4.78, 5) is 13.2. The molecule has 0 aliphatic rings. The summed E-state index contributed by atoms with van der Waals surface area (Å²) in [6.45, 7) is 3.86. The van der Waals surface area contributed by atoms with Crippen LogP contribution in [-0.2, 0) is 5.88 Å². The molecule has 0 saturated heterocycles. The summed E-state index contributed by atoms with van der Waals surface area (Å²) in [7, 11) is 0. The number of oxazole rings is 1. The molecule has 104 valence electrons. The first-order valence-corrected chi connectivity index (χ1v) is 7.43. The third kappa shape index (κ3) is 2.23. The maximum atomic E-state index is 6.01. The standard InChI is InChI=1S/C13H12BrClN4O/c1-7-5-17-13(20-7)8(2)19-11(4-15)18-10-3-9(14)6-16-12(10)19/h3,5-6,8H,4H2,1-2H3. The Bertz CT molecular complexity index is 767. The van der Waals surface area contributed by atoms with Gasteiger partial charge in [0.15, 0.2) is 5.65 Å². The second-order valence-corrected chi connectivity index (χ2v) is 5.70. The minimum Gasteiger partial charge on any atom is -0.444 e. The molecule has 0 spiro atoms. The SMILES string of the molecule is Cc1cnc(C(C)n2c(CCl)nc3cc(Br)cnc32)o1. The first-order valence-electron chi connectivity index (χ1n) is 6.11. The Balaban J connectivity index is 2.18. The smallest absolute Gasteiger partial charge is 0.217 e. The number of rotatable bonds is 3. The lowest BCUT2D eigenvalue weighted by molar-refractivity contribution is 0.414. The second-order valence-electron chi connectivity index (χ2n) is 4.51. The van der Waals surface area contributed by atoms with E-state index in [-0.39, 0.29) is 6.04 Å². The Morgan fingerprint density at radius 3 is 2.85 bits per heavy atom. The fraction of sp³-hybridized carbons (Fsp3) is 0.308. The van der Waals surface area contributed by atoms with Crippen LogP contribution in [0.2, 0.25) is 0 Å². The minimum absolute atomic E-state index is 0.115. The maximum absolute atomic E-state index is 6.01. The summed E-state index contributed by atoms with van der Waals surface area (Å²) in [6, 6.07) is 1.80. The largest absolute Gasteiger partial charge is 0.444 e. The first kappa shape index (κ1) is 13.6. The maximum Gasteiger partial charge on any atom is 0.217 e. The molecule has 7 heteroatoms. The predicted molar refractivity (Wildman–Crippen MR) is 79.8 cm³/mol. The van der Waals surface area contributed by atoms with Crippen LogP contribution in [0, 0.1) is 6.92 Å². The number of nitrogens with zero attached hydrogens (tertiary/aromatic N) is 4. The number of alkyl halides is 1. The molecule has 3 aromatic rings. The molecule has 3 heterocycles. The fourth-order valence-corrected chi connectivity index (χ4v) is 2.69. The highest BCUT2D eigenvalue weighted by atomic mass is 79.9. The van der Waals surface area contributed by atoms with Gasteiger partial charge in [-0.3, -0.25) is 4.57 Å². The topological polar surface area (TPSA) is 56.7 Å². The molecular formula is C13H12BrClN4O. The lowest BCUT2D eigenvalue weighted by Crippen LogP contribution is -2.10. The van der Waals surface area contributed by atoms with Gasteiger partial charge in [0, 0.05) is 10.7 Å². The molecule has 0 radical (unpaired) electrons. The van der Waals surface area contributed by atoms with Crippen molar-refractivity contribution in [1.82, 2.24) is 19.5 Å². The molecule has 0 aliphatic heterocycles. The zero-order chi connectivity index (χ0) is 14.3. The van der Waals surface area contributed by atoms with Gasteiger partial charge < -0.3 is 4.42 Å². The van der Waals surface area contributed by atoms with Crippen LogP contribution >= 0.6 is 27.5 Å². The first-order chi connectivity index (χ1) is 9.60. The van der Waals surface area contributed by atoms with Gasteiger partial charge in [-0.25, -0.2) is 15.0 Å². The van der Waals surface area contributed by atoms with Crippen molar-refractivity contribution in [1.29, 1.82) is 0 Å². The van der Waals surface area contributed by atoms with E-state index < -0.39 is 0 Å². The number of hydrogen-bond donors (Lipinski definition) is 0. The van der Waals surface area contributed by atoms with Crippen LogP contribution in [0.4, 0.5) is 0 Å². The molecule has 3 aromatic heterocycles. The van der Waals surface area contributed by atoms with Crippen molar-refractivity contribution in [3.63, 3.8) is 0 Å². The van der Waals surface area contributed by atoms with Gasteiger partial charge in [0.1, 0.15) is 23.1 Å². The highest BCUT2D eigenvalue weighted by Gasteiger charge is 2.21. The van der Waals surface area contributed by atoms with Gasteiger partial charge in [0.2, 0.25) is 5.89 Å². The van der Waals surface area contributed by atoms with Gasteiger partial charge in [-0.05, 0) is 35.8 Å². The van der Waals surface area contributed by atoms with Gasteiger partial charge in [0.25, 0.3) is 0 Å². The molecule has 5 nitrogen and oxygen atoms in total. The van der Waals surface area contributed by atoms with Crippen molar-refractivity contribution < 1.29 is 4.42 Å². The normalized spacial score (nSPS) is 13.0. The Labute approximate surface area is 129 Å². The molecule has 0 saturated carbocycles. The molecule has 0 amide bonds. The van der Waals surface area contributed by atoms with Crippen LogP contribution in [0.25, 0.3) is 11.2 Å². The summed E-state index contributed by atoms with van der Waals surface area (Å²) >= 11 is 9.40.